The van der Waals surface area contributed by atoms with E-state index < -0.39 is 24.3 Å². The van der Waals surface area contributed by atoms with Crippen molar-refractivity contribution in [2.75, 3.05) is 0 Å². The number of alkyl halides is 4. The van der Waals surface area contributed by atoms with Crippen LogP contribution in [-0.2, 0) is 12.5 Å². The predicted octanol–water partition coefficient (Wildman–Crippen LogP) is 6.78. The molecular formula is C22H17F5O2. The lowest BCUT2D eigenvalue weighted by Crippen LogP contribution is -2.21. The third-order valence-corrected chi connectivity index (χ3v) is 4.28. The monoisotopic (exact) mass is 408 g/mol. The zero-order chi connectivity index (χ0) is 21.0. The largest absolute Gasteiger partial charge is 0.432 e. The molecule has 0 atom stereocenters. The van der Waals surface area contributed by atoms with E-state index in [9.17, 15) is 22.0 Å². The number of ether oxygens (including phenoxy) is 2. The molecule has 29 heavy (non-hydrogen) atoms. The summed E-state index contributed by atoms with van der Waals surface area (Å²) in [5.74, 6) is -1.60. The first-order chi connectivity index (χ1) is 13.8. The van der Waals surface area contributed by atoms with E-state index in [4.69, 9.17) is 4.74 Å². The highest BCUT2D eigenvalue weighted by molar-refractivity contribution is 5.65. The molecule has 3 aromatic carbocycles. The molecule has 0 bridgehead atoms. The minimum Gasteiger partial charge on any atom is -0.432 e. The van der Waals surface area contributed by atoms with Gasteiger partial charge in [-0.05, 0) is 59.5 Å². The fraction of sp³-hybridized carbons (Fsp3) is 0.182. The van der Waals surface area contributed by atoms with Crippen LogP contribution in [0.15, 0.2) is 66.7 Å². The van der Waals surface area contributed by atoms with Crippen LogP contribution in [0.5, 0.6) is 11.5 Å². The molecule has 0 unspecified atom stereocenters. The van der Waals surface area contributed by atoms with E-state index in [1.54, 1.807) is 12.1 Å². The van der Waals surface area contributed by atoms with Crippen LogP contribution in [0.25, 0.3) is 11.1 Å². The maximum atomic E-state index is 14.4. The van der Waals surface area contributed by atoms with Crippen molar-refractivity contribution in [1.29, 1.82) is 0 Å². The predicted molar refractivity (Wildman–Crippen MR) is 98.8 cm³/mol. The Kier molecular flexibility index (Phi) is 6.06. The average molecular weight is 408 g/mol. The summed E-state index contributed by atoms with van der Waals surface area (Å²) in [7, 11) is 0. The highest BCUT2D eigenvalue weighted by Gasteiger charge is 2.34. The second-order valence-corrected chi connectivity index (χ2v) is 6.22. The van der Waals surface area contributed by atoms with E-state index in [1.165, 1.54) is 42.5 Å². The fourth-order valence-electron chi connectivity index (χ4n) is 2.73. The molecule has 0 fully saturated rings. The van der Waals surface area contributed by atoms with Gasteiger partial charge in [-0.1, -0.05) is 37.3 Å². The van der Waals surface area contributed by atoms with E-state index in [-0.39, 0.29) is 11.3 Å². The lowest BCUT2D eigenvalue weighted by molar-refractivity contribution is -0.185. The van der Waals surface area contributed by atoms with Gasteiger partial charge in [0.05, 0.1) is 5.56 Å². The number of aryl methyl sites for hydroxylation is 1. The van der Waals surface area contributed by atoms with E-state index in [1.807, 2.05) is 6.92 Å². The Balaban J connectivity index is 1.75. The number of hydrogen-bond acceptors (Lipinski definition) is 2. The smallest absolute Gasteiger partial charge is 0.426 e. The molecule has 3 aromatic rings. The van der Waals surface area contributed by atoms with Crippen molar-refractivity contribution in [3.63, 3.8) is 0 Å². The molecule has 7 heteroatoms. The van der Waals surface area contributed by atoms with Crippen LogP contribution in [0.2, 0.25) is 0 Å². The van der Waals surface area contributed by atoms with Gasteiger partial charge in [0.2, 0.25) is 0 Å². The molecule has 0 spiro atoms. The Morgan fingerprint density at radius 3 is 2.03 bits per heavy atom. The molecule has 0 aromatic heterocycles. The summed E-state index contributed by atoms with van der Waals surface area (Å²) in [6, 6.07) is 14.9. The minimum atomic E-state index is -3.52. The molecule has 0 saturated carbocycles. The molecule has 0 saturated heterocycles. The van der Waals surface area contributed by atoms with E-state index >= 15 is 0 Å². The van der Waals surface area contributed by atoms with Crippen molar-refractivity contribution < 1.29 is 31.4 Å². The summed E-state index contributed by atoms with van der Waals surface area (Å²) in [4.78, 5) is 0. The highest BCUT2D eigenvalue weighted by Crippen LogP contribution is 2.33. The van der Waals surface area contributed by atoms with Crippen molar-refractivity contribution in [3.05, 3.63) is 83.7 Å². The maximum Gasteiger partial charge on any atom is 0.426 e. The SMILES string of the molecule is CCc1ccc(C(F)(F)Oc2ccc(-c3ccc(OC(F)F)c(F)c3)cc2)cc1. The van der Waals surface area contributed by atoms with Gasteiger partial charge in [-0.15, -0.1) is 0 Å². The molecule has 0 radical (unpaired) electrons. The third-order valence-electron chi connectivity index (χ3n) is 4.28. The van der Waals surface area contributed by atoms with Gasteiger partial charge in [0.1, 0.15) is 5.75 Å². The van der Waals surface area contributed by atoms with Gasteiger partial charge in [0, 0.05) is 0 Å². The lowest BCUT2D eigenvalue weighted by atomic mass is 10.1. The quantitative estimate of drug-likeness (QED) is 0.401. The first-order valence-corrected chi connectivity index (χ1v) is 8.79. The standard InChI is InChI=1S/C22H17F5O2/c1-2-14-3-8-17(9-4-14)22(26,27)29-18-10-5-15(6-11-18)16-7-12-20(19(23)13-16)28-21(24)25/h3-13,21H,2H2,1H3. The van der Waals surface area contributed by atoms with E-state index in [0.717, 1.165) is 24.1 Å². The van der Waals surface area contributed by atoms with Crippen molar-refractivity contribution in [2.45, 2.75) is 26.1 Å². The van der Waals surface area contributed by atoms with Crippen LogP contribution < -0.4 is 9.47 Å². The molecule has 0 aliphatic carbocycles. The molecule has 0 N–H and O–H groups in total. The van der Waals surface area contributed by atoms with Crippen molar-refractivity contribution in [3.8, 4) is 22.6 Å². The van der Waals surface area contributed by atoms with Crippen LogP contribution in [0, 0.1) is 5.82 Å². The summed E-state index contributed by atoms with van der Waals surface area (Å²) >= 11 is 0. The fourth-order valence-corrected chi connectivity index (χ4v) is 2.73. The zero-order valence-corrected chi connectivity index (χ0v) is 15.3. The first kappa shape index (κ1) is 20.6. The van der Waals surface area contributed by atoms with Gasteiger partial charge < -0.3 is 9.47 Å². The summed E-state index contributed by atoms with van der Waals surface area (Å²) in [5, 5.41) is 0. The third kappa shape index (κ3) is 5.04. The van der Waals surface area contributed by atoms with Gasteiger partial charge in [-0.3, -0.25) is 0 Å². The normalized spacial score (nSPS) is 11.6. The molecule has 0 amide bonds. The van der Waals surface area contributed by atoms with Crippen molar-refractivity contribution >= 4 is 0 Å². The Hall–Kier alpha value is -3.09. The minimum absolute atomic E-state index is 0.0727. The van der Waals surface area contributed by atoms with Gasteiger partial charge in [0.15, 0.2) is 11.6 Å². The maximum absolute atomic E-state index is 14.4. The summed E-state index contributed by atoms with van der Waals surface area (Å²) in [6.45, 7) is -1.21. The Labute approximate surface area is 164 Å². The molecule has 0 aliphatic heterocycles. The van der Waals surface area contributed by atoms with Crippen LogP contribution in [0.3, 0.4) is 0 Å². The highest BCUT2D eigenvalue weighted by atomic mass is 19.3. The Bertz CT molecular complexity index is 954. The number of benzene rings is 3. The first-order valence-electron chi connectivity index (χ1n) is 8.79. The van der Waals surface area contributed by atoms with E-state index in [0.29, 0.717) is 11.1 Å². The van der Waals surface area contributed by atoms with Gasteiger partial charge in [-0.25, -0.2) is 4.39 Å². The molecular weight excluding hydrogens is 391 g/mol. The summed E-state index contributed by atoms with van der Waals surface area (Å²) < 4.78 is 75.9. The molecule has 2 nitrogen and oxygen atoms in total. The summed E-state index contributed by atoms with van der Waals surface area (Å²) in [5.41, 5.74) is 1.54. The Morgan fingerprint density at radius 2 is 1.48 bits per heavy atom. The van der Waals surface area contributed by atoms with Gasteiger partial charge in [-0.2, -0.15) is 17.6 Å². The zero-order valence-electron chi connectivity index (χ0n) is 15.3. The van der Waals surface area contributed by atoms with Crippen LogP contribution >= 0.6 is 0 Å². The number of rotatable bonds is 7. The molecule has 0 heterocycles. The van der Waals surface area contributed by atoms with E-state index in [2.05, 4.69) is 4.74 Å². The van der Waals surface area contributed by atoms with Gasteiger partial charge in [0.25, 0.3) is 0 Å². The summed E-state index contributed by atoms with van der Waals surface area (Å²) in [6.07, 6.45) is -2.78. The molecule has 3 rings (SSSR count). The van der Waals surface area contributed by atoms with Crippen LogP contribution in [-0.4, -0.2) is 6.61 Å². The number of halogens is 5. The lowest BCUT2D eigenvalue weighted by Gasteiger charge is -2.18. The molecule has 0 aliphatic rings. The number of hydrogen-bond donors (Lipinski definition) is 0. The molecule has 152 valence electrons. The van der Waals surface area contributed by atoms with Crippen molar-refractivity contribution in [2.24, 2.45) is 0 Å². The van der Waals surface area contributed by atoms with Crippen molar-refractivity contribution in [1.82, 2.24) is 0 Å². The second-order valence-electron chi connectivity index (χ2n) is 6.22. The second kappa shape index (κ2) is 8.51. The van der Waals surface area contributed by atoms with Crippen LogP contribution in [0.4, 0.5) is 22.0 Å². The van der Waals surface area contributed by atoms with Gasteiger partial charge >= 0.3 is 12.7 Å². The van der Waals surface area contributed by atoms with Crippen LogP contribution in [0.1, 0.15) is 18.1 Å². The average Bonchev–Trinajstić information content (AvgIpc) is 2.69. The topological polar surface area (TPSA) is 18.5 Å². The Morgan fingerprint density at radius 1 is 0.862 bits per heavy atom.